The average Bonchev–Trinajstić information content (AvgIpc) is 3.65. The van der Waals surface area contributed by atoms with Gasteiger partial charge in [-0.15, -0.1) is 9.13 Å². The number of hydrogen-bond donors (Lipinski definition) is 6. The van der Waals surface area contributed by atoms with Gasteiger partial charge in [0.25, 0.3) is 11.8 Å². The van der Waals surface area contributed by atoms with E-state index in [9.17, 15) is 9.59 Å². The first kappa shape index (κ1) is 52.4. The first-order valence-electron chi connectivity index (χ1n) is 27.2. The van der Waals surface area contributed by atoms with Crippen LogP contribution < -0.4 is 41.9 Å². The van der Waals surface area contributed by atoms with Crippen molar-refractivity contribution in [1.29, 1.82) is 0 Å². The summed E-state index contributed by atoms with van der Waals surface area (Å²) in [6, 6.07) is 44.6. The molecule has 0 aliphatic carbocycles. The molecule has 0 radical (unpaired) electrons. The number of anilines is 4. The number of aryl methyl sites for hydroxylation is 4. The Morgan fingerprint density at radius 3 is 1.15 bits per heavy atom. The van der Waals surface area contributed by atoms with Crippen LogP contribution in [0.2, 0.25) is 0 Å². The Hall–Kier alpha value is -9.04. The van der Waals surface area contributed by atoms with E-state index in [0.717, 1.165) is 165 Å². The lowest BCUT2D eigenvalue weighted by atomic mass is 10.1. The number of carbonyl (C=O) groups is 2. The molecule has 394 valence electrons. The molecule has 4 heterocycles. The molecule has 0 aliphatic heterocycles. The van der Waals surface area contributed by atoms with Crippen LogP contribution in [0.1, 0.15) is 94.3 Å². The number of para-hydroxylation sites is 2. The largest absolute Gasteiger partial charge is 0.398 e. The van der Waals surface area contributed by atoms with Crippen molar-refractivity contribution in [3.05, 3.63) is 179 Å². The van der Waals surface area contributed by atoms with Gasteiger partial charge in [0.05, 0.1) is 22.5 Å². The van der Waals surface area contributed by atoms with Gasteiger partial charge >= 0.3 is 0 Å². The van der Waals surface area contributed by atoms with Gasteiger partial charge in [0.15, 0.2) is 0 Å². The van der Waals surface area contributed by atoms with Crippen molar-refractivity contribution in [1.82, 2.24) is 30.6 Å². The highest BCUT2D eigenvalue weighted by atomic mass is 16.2. The number of pyridine rings is 2. The molecule has 0 fully saturated rings. The van der Waals surface area contributed by atoms with Crippen LogP contribution >= 0.6 is 0 Å². The lowest BCUT2D eigenvalue weighted by Crippen LogP contribution is -2.33. The number of fused-ring (bicyclic) bond motifs is 4. The minimum absolute atomic E-state index is 0.158. The summed E-state index contributed by atoms with van der Waals surface area (Å²) >= 11 is 0. The van der Waals surface area contributed by atoms with E-state index >= 15 is 0 Å². The fourth-order valence-electron chi connectivity index (χ4n) is 10.1. The second-order valence-corrected chi connectivity index (χ2v) is 20.3. The second-order valence-electron chi connectivity index (χ2n) is 20.3. The van der Waals surface area contributed by atoms with Gasteiger partial charge in [-0.3, -0.25) is 19.6 Å². The van der Waals surface area contributed by atoms with Crippen LogP contribution in [0, 0.1) is 27.7 Å². The van der Waals surface area contributed by atoms with Crippen molar-refractivity contribution in [2.75, 3.05) is 48.3 Å². The molecule has 0 saturated carbocycles. The molecular weight excluding hydrogens is 969 g/mol. The van der Waals surface area contributed by atoms with E-state index in [-0.39, 0.29) is 11.8 Å². The van der Waals surface area contributed by atoms with Crippen molar-refractivity contribution in [2.45, 2.75) is 79.1 Å². The summed E-state index contributed by atoms with van der Waals surface area (Å²) in [7, 11) is 0. The molecule has 0 atom stereocenters. The fourth-order valence-corrected chi connectivity index (χ4v) is 10.1. The number of hydrogen-bond acceptors (Lipinski definition) is 10. The van der Waals surface area contributed by atoms with Gasteiger partial charge in [-0.05, 0) is 124 Å². The Bertz CT molecular complexity index is 3550. The molecule has 0 aliphatic rings. The lowest BCUT2D eigenvalue weighted by molar-refractivity contribution is -0.538. The van der Waals surface area contributed by atoms with Gasteiger partial charge in [0.2, 0.25) is 33.4 Å². The van der Waals surface area contributed by atoms with Gasteiger partial charge in [0, 0.05) is 110 Å². The SMILES string of the molecule is Cc1cc2nc3cc(C)c(NCCCCCCNC(=O)c4ccc(-c5ccc(C(=O)NCCCCCCNc6cc7c(cc6C)nc6cc(C)c(N)cc6[n+]7-c6ccccc6)cn5)nc4)cc3[n+](-c3ccccc3)c2cc1N. The number of benzene rings is 6. The Labute approximate surface area is 455 Å². The third-order valence-corrected chi connectivity index (χ3v) is 14.6. The number of aromatic nitrogens is 6. The van der Waals surface area contributed by atoms with Crippen LogP contribution in [-0.2, 0) is 0 Å². The number of carbonyl (C=O) groups excluding carboxylic acids is 2. The summed E-state index contributed by atoms with van der Waals surface area (Å²) in [5, 5.41) is 13.4. The van der Waals surface area contributed by atoms with Crippen molar-refractivity contribution < 1.29 is 18.7 Å². The Kier molecular flexibility index (Phi) is 16.0. The van der Waals surface area contributed by atoms with E-state index in [1.165, 1.54) is 0 Å². The number of unbranched alkanes of at least 4 members (excludes halogenated alkanes) is 6. The molecule has 0 bridgehead atoms. The Morgan fingerprint density at radius 2 is 0.782 bits per heavy atom. The molecule has 6 aromatic carbocycles. The number of nitrogen functional groups attached to an aromatic ring is 2. The van der Waals surface area contributed by atoms with Crippen LogP contribution in [-0.4, -0.2) is 57.9 Å². The maximum absolute atomic E-state index is 13.0. The molecule has 0 saturated heterocycles. The zero-order valence-corrected chi connectivity index (χ0v) is 45.0. The number of nitrogens with one attached hydrogen (secondary N) is 4. The molecule has 10 aromatic rings. The zero-order valence-electron chi connectivity index (χ0n) is 45.0. The molecule has 10 rings (SSSR count). The smallest absolute Gasteiger partial charge is 0.252 e. The normalized spacial score (nSPS) is 11.4. The highest BCUT2D eigenvalue weighted by molar-refractivity contribution is 5.95. The molecular formula is C64H68N12O2+2. The highest BCUT2D eigenvalue weighted by Crippen LogP contribution is 2.29. The monoisotopic (exact) mass is 1040 g/mol. The lowest BCUT2D eigenvalue weighted by Gasteiger charge is -2.12. The summed E-state index contributed by atoms with van der Waals surface area (Å²) in [6.45, 7) is 11.1. The maximum Gasteiger partial charge on any atom is 0.252 e. The van der Waals surface area contributed by atoms with Crippen LogP contribution in [0.15, 0.2) is 146 Å². The first-order chi connectivity index (χ1) is 38.0. The quantitative estimate of drug-likeness (QED) is 0.0175. The molecule has 4 aromatic heterocycles. The molecule has 0 spiro atoms. The predicted molar refractivity (Wildman–Crippen MR) is 315 cm³/mol. The van der Waals surface area contributed by atoms with E-state index in [0.29, 0.717) is 35.6 Å². The molecule has 2 amide bonds. The van der Waals surface area contributed by atoms with Crippen molar-refractivity contribution in [3.8, 4) is 22.8 Å². The van der Waals surface area contributed by atoms with E-state index in [1.54, 1.807) is 36.7 Å². The summed E-state index contributed by atoms with van der Waals surface area (Å²) in [5.74, 6) is -0.317. The zero-order chi connectivity index (χ0) is 54.1. The van der Waals surface area contributed by atoms with Crippen LogP contribution in [0.4, 0.5) is 22.7 Å². The molecule has 0 unspecified atom stereocenters. The van der Waals surface area contributed by atoms with E-state index in [4.69, 9.17) is 21.4 Å². The van der Waals surface area contributed by atoms with Crippen molar-refractivity contribution in [2.24, 2.45) is 0 Å². The molecule has 14 heteroatoms. The van der Waals surface area contributed by atoms with Crippen LogP contribution in [0.5, 0.6) is 0 Å². The molecule has 78 heavy (non-hydrogen) atoms. The van der Waals surface area contributed by atoms with Crippen molar-refractivity contribution >= 4 is 78.7 Å². The van der Waals surface area contributed by atoms with Gasteiger partial charge in [-0.2, -0.15) is 0 Å². The molecule has 14 nitrogen and oxygen atoms in total. The number of amides is 2. The average molecular weight is 1040 g/mol. The third-order valence-electron chi connectivity index (χ3n) is 14.6. The van der Waals surface area contributed by atoms with Gasteiger partial charge in [0.1, 0.15) is 22.1 Å². The fraction of sp³-hybridized carbons (Fsp3) is 0.250. The number of nitrogens with zero attached hydrogens (tertiary/aromatic N) is 6. The number of nitrogens with two attached hydrogens (primary N) is 2. The van der Waals surface area contributed by atoms with Gasteiger partial charge < -0.3 is 32.7 Å². The second kappa shape index (κ2) is 23.9. The Balaban J connectivity index is 0.622. The van der Waals surface area contributed by atoms with Crippen LogP contribution in [0.25, 0.3) is 66.9 Å². The summed E-state index contributed by atoms with van der Waals surface area (Å²) in [4.78, 5) is 45.1. The van der Waals surface area contributed by atoms with E-state index in [2.05, 4.69) is 115 Å². The topological polar surface area (TPSA) is 194 Å². The Morgan fingerprint density at radius 1 is 0.423 bits per heavy atom. The number of rotatable bonds is 21. The summed E-state index contributed by atoms with van der Waals surface area (Å²) in [5.41, 5.74) is 32.7. The van der Waals surface area contributed by atoms with E-state index < -0.39 is 0 Å². The first-order valence-corrected chi connectivity index (χ1v) is 27.2. The van der Waals surface area contributed by atoms with Crippen molar-refractivity contribution in [3.63, 3.8) is 0 Å². The predicted octanol–water partition coefficient (Wildman–Crippen LogP) is 11.3. The minimum Gasteiger partial charge on any atom is -0.398 e. The van der Waals surface area contributed by atoms with E-state index in [1.807, 2.05) is 62.4 Å². The maximum atomic E-state index is 13.0. The summed E-state index contributed by atoms with van der Waals surface area (Å²) in [6.07, 6.45) is 11.0. The standard InChI is InChI=1S/C64H66N12O2/c1-41-31-55-59(35-49(41)65)75(47-19-11-9-12-20-47)61-37-53(43(3)33-57(61)73-55)67-27-15-5-7-17-29-69-63(77)45-23-25-51(71-39-45)52-26-24-46(40-72-52)64(78)70-30-18-8-6-16-28-68-54-38-62-58(34-44(54)4)74-56-32-42(2)50(66)36-60(56)76(62)48-21-13-10-14-22-48/h9-14,19-26,31-40H,5-8,15-18,27-30H2,1-4H3,(H6,65,66,67,68,69,70,77,78)/p+2. The highest BCUT2D eigenvalue weighted by Gasteiger charge is 2.24. The molecule has 8 N–H and O–H groups in total. The summed E-state index contributed by atoms with van der Waals surface area (Å²) < 4.78 is 4.48. The van der Waals surface area contributed by atoms with Crippen LogP contribution in [0.3, 0.4) is 0 Å². The third kappa shape index (κ3) is 11.8. The minimum atomic E-state index is -0.158. The van der Waals surface area contributed by atoms with Gasteiger partial charge in [-0.25, -0.2) is 9.97 Å². The van der Waals surface area contributed by atoms with Gasteiger partial charge in [-0.1, -0.05) is 62.1 Å².